The number of pyridine rings is 1. The second-order valence-electron chi connectivity index (χ2n) is 6.31. The van der Waals surface area contributed by atoms with Crippen LogP contribution >= 0.6 is 0 Å². The highest BCUT2D eigenvalue weighted by Crippen LogP contribution is 2.42. The summed E-state index contributed by atoms with van der Waals surface area (Å²) in [5.41, 5.74) is 1.93. The van der Waals surface area contributed by atoms with E-state index < -0.39 is 28.3 Å². The predicted octanol–water partition coefficient (Wildman–Crippen LogP) is 2.71. The van der Waals surface area contributed by atoms with E-state index >= 15 is 0 Å². The Kier molecular flexibility index (Phi) is 4.56. The molecule has 0 fully saturated rings. The fraction of sp³-hybridized carbons (Fsp3) is 0.100. The molecule has 1 amide bonds. The van der Waals surface area contributed by atoms with Crippen LogP contribution in [-0.4, -0.2) is 25.9 Å². The van der Waals surface area contributed by atoms with Crippen molar-refractivity contribution in [1.29, 1.82) is 0 Å². The lowest BCUT2D eigenvalue weighted by atomic mass is 10.0. The van der Waals surface area contributed by atoms with Gasteiger partial charge in [0.25, 0.3) is 10.0 Å². The molecule has 0 saturated carbocycles. The Bertz CT molecular complexity index is 1150. The van der Waals surface area contributed by atoms with Crippen LogP contribution in [0.2, 0.25) is 0 Å². The first-order chi connectivity index (χ1) is 13.5. The van der Waals surface area contributed by atoms with Crippen molar-refractivity contribution in [3.8, 4) is 11.1 Å². The van der Waals surface area contributed by atoms with Gasteiger partial charge < -0.3 is 5.32 Å². The third kappa shape index (κ3) is 3.22. The summed E-state index contributed by atoms with van der Waals surface area (Å²) in [5.74, 6) is -0.948. The highest BCUT2D eigenvalue weighted by atomic mass is 32.2. The van der Waals surface area contributed by atoms with Gasteiger partial charge in [-0.05, 0) is 35.9 Å². The molecule has 0 spiro atoms. The zero-order chi connectivity index (χ0) is 19.7. The minimum absolute atomic E-state index is 0.0492. The summed E-state index contributed by atoms with van der Waals surface area (Å²) >= 11 is 0. The number of nitrogens with one attached hydrogen (secondary N) is 1. The van der Waals surface area contributed by atoms with Gasteiger partial charge in [0.15, 0.2) is 0 Å². The van der Waals surface area contributed by atoms with Gasteiger partial charge in [-0.15, -0.1) is 0 Å². The Labute approximate surface area is 161 Å². The summed E-state index contributed by atoms with van der Waals surface area (Å²) in [6.45, 7) is -0.178. The Morgan fingerprint density at radius 3 is 2.68 bits per heavy atom. The molecule has 28 heavy (non-hydrogen) atoms. The van der Waals surface area contributed by atoms with Crippen LogP contribution in [0.1, 0.15) is 5.56 Å². The smallest absolute Gasteiger partial charge is 0.265 e. The van der Waals surface area contributed by atoms with Gasteiger partial charge in [0.1, 0.15) is 12.4 Å². The number of aromatic nitrogens is 1. The number of anilines is 1. The topological polar surface area (TPSA) is 79.4 Å². The highest BCUT2D eigenvalue weighted by molar-refractivity contribution is 7.93. The molecule has 0 aliphatic carbocycles. The van der Waals surface area contributed by atoms with E-state index in [0.717, 1.165) is 9.87 Å². The number of benzene rings is 2. The quantitative estimate of drug-likeness (QED) is 0.734. The molecule has 0 saturated heterocycles. The first kappa shape index (κ1) is 18.1. The minimum atomic E-state index is -3.95. The summed E-state index contributed by atoms with van der Waals surface area (Å²) in [5, 5.41) is 2.69. The van der Waals surface area contributed by atoms with Gasteiger partial charge in [0.05, 0.1) is 10.6 Å². The summed E-state index contributed by atoms with van der Waals surface area (Å²) in [4.78, 5) is 16.5. The van der Waals surface area contributed by atoms with E-state index in [1.54, 1.807) is 42.7 Å². The number of halogens is 1. The average Bonchev–Trinajstić information content (AvgIpc) is 2.71. The lowest BCUT2D eigenvalue weighted by molar-refractivity contribution is -0.119. The number of amides is 1. The maximum atomic E-state index is 13.8. The predicted molar refractivity (Wildman–Crippen MR) is 102 cm³/mol. The lowest BCUT2D eigenvalue weighted by Crippen LogP contribution is -2.42. The minimum Gasteiger partial charge on any atom is -0.350 e. The Hall–Kier alpha value is -3.26. The van der Waals surface area contributed by atoms with Crippen molar-refractivity contribution in [3.63, 3.8) is 0 Å². The van der Waals surface area contributed by atoms with Crippen LogP contribution < -0.4 is 9.62 Å². The maximum absolute atomic E-state index is 13.8. The zero-order valence-corrected chi connectivity index (χ0v) is 15.5. The number of carbonyl (C=O) groups excluding carboxylic acids is 1. The molecule has 3 aromatic rings. The molecule has 2 aromatic carbocycles. The molecule has 6 nitrogen and oxygen atoms in total. The van der Waals surface area contributed by atoms with Gasteiger partial charge in [0.2, 0.25) is 5.91 Å². The van der Waals surface area contributed by atoms with E-state index in [1.807, 2.05) is 0 Å². The summed E-state index contributed by atoms with van der Waals surface area (Å²) in [6, 6.07) is 13.8. The Morgan fingerprint density at radius 2 is 1.89 bits per heavy atom. The molecule has 1 aliphatic rings. The van der Waals surface area contributed by atoms with Crippen LogP contribution in [0, 0.1) is 5.82 Å². The van der Waals surface area contributed by atoms with Crippen molar-refractivity contribution in [2.75, 3.05) is 10.8 Å². The number of hydrogen-bond donors (Lipinski definition) is 1. The maximum Gasteiger partial charge on any atom is 0.265 e. The number of fused-ring (bicyclic) bond motifs is 3. The Morgan fingerprint density at radius 1 is 1.07 bits per heavy atom. The third-order valence-corrected chi connectivity index (χ3v) is 6.29. The number of rotatable bonds is 4. The van der Waals surface area contributed by atoms with Crippen LogP contribution in [0.4, 0.5) is 10.1 Å². The highest BCUT2D eigenvalue weighted by Gasteiger charge is 2.35. The monoisotopic (exact) mass is 397 g/mol. The van der Waals surface area contributed by atoms with Gasteiger partial charge in [-0.1, -0.05) is 24.3 Å². The normalized spacial score (nSPS) is 14.1. The molecule has 0 bridgehead atoms. The molecule has 4 rings (SSSR count). The van der Waals surface area contributed by atoms with E-state index in [9.17, 15) is 17.6 Å². The Balaban J connectivity index is 1.66. The number of carbonyl (C=O) groups is 1. The summed E-state index contributed by atoms with van der Waals surface area (Å²) < 4.78 is 41.1. The molecule has 8 heteroatoms. The van der Waals surface area contributed by atoms with Gasteiger partial charge in [-0.25, -0.2) is 12.8 Å². The SMILES string of the molecule is O=C(CN1c2ccc(F)cc2-c2ccccc2S1(=O)=O)NCc1cccnc1. The molecule has 2 heterocycles. The fourth-order valence-corrected chi connectivity index (χ4v) is 4.81. The first-order valence-corrected chi connectivity index (χ1v) is 9.98. The molecule has 142 valence electrons. The van der Waals surface area contributed by atoms with E-state index in [2.05, 4.69) is 10.3 Å². The average molecular weight is 397 g/mol. The summed E-state index contributed by atoms with van der Waals surface area (Å²) in [6.07, 6.45) is 3.24. The first-order valence-electron chi connectivity index (χ1n) is 8.54. The van der Waals surface area contributed by atoms with Crippen molar-refractivity contribution in [1.82, 2.24) is 10.3 Å². The van der Waals surface area contributed by atoms with E-state index in [-0.39, 0.29) is 17.1 Å². The lowest BCUT2D eigenvalue weighted by Gasteiger charge is -2.31. The van der Waals surface area contributed by atoms with Crippen molar-refractivity contribution >= 4 is 21.6 Å². The molecule has 0 unspecified atom stereocenters. The number of hydrogen-bond acceptors (Lipinski definition) is 4. The molecule has 1 N–H and O–H groups in total. The van der Waals surface area contributed by atoms with Crippen LogP contribution in [0.25, 0.3) is 11.1 Å². The van der Waals surface area contributed by atoms with Gasteiger partial charge in [-0.2, -0.15) is 0 Å². The van der Waals surface area contributed by atoms with Gasteiger partial charge >= 0.3 is 0 Å². The van der Waals surface area contributed by atoms with Crippen molar-refractivity contribution in [3.05, 3.63) is 78.4 Å². The van der Waals surface area contributed by atoms with E-state index in [0.29, 0.717) is 11.1 Å². The van der Waals surface area contributed by atoms with Crippen LogP contribution in [0.3, 0.4) is 0 Å². The van der Waals surface area contributed by atoms with Crippen LogP contribution in [0.15, 0.2) is 71.9 Å². The van der Waals surface area contributed by atoms with Crippen molar-refractivity contribution in [2.24, 2.45) is 0 Å². The summed E-state index contributed by atoms with van der Waals surface area (Å²) in [7, 11) is -3.95. The van der Waals surface area contributed by atoms with Gasteiger partial charge in [-0.3, -0.25) is 14.1 Å². The molecular weight excluding hydrogens is 381 g/mol. The molecule has 1 aliphatic heterocycles. The molecule has 0 radical (unpaired) electrons. The fourth-order valence-electron chi connectivity index (χ4n) is 3.16. The van der Waals surface area contributed by atoms with Crippen LogP contribution in [-0.2, 0) is 21.4 Å². The standard InChI is InChI=1S/C20H16FN3O3S/c21-15-7-8-18-17(10-15)16-5-1-2-6-19(16)28(26,27)24(18)13-20(25)23-12-14-4-3-9-22-11-14/h1-11H,12-13H2,(H,23,25). The number of sulfonamides is 1. The molecule has 0 atom stereocenters. The zero-order valence-electron chi connectivity index (χ0n) is 14.7. The molecular formula is C20H16FN3O3S. The van der Waals surface area contributed by atoms with Crippen LogP contribution in [0.5, 0.6) is 0 Å². The molecule has 1 aromatic heterocycles. The van der Waals surface area contributed by atoms with Crippen molar-refractivity contribution in [2.45, 2.75) is 11.4 Å². The second-order valence-corrected chi connectivity index (χ2v) is 8.14. The van der Waals surface area contributed by atoms with E-state index in [1.165, 1.54) is 24.3 Å². The largest absolute Gasteiger partial charge is 0.350 e. The van der Waals surface area contributed by atoms with Gasteiger partial charge in [0, 0.05) is 30.1 Å². The van der Waals surface area contributed by atoms with Crippen molar-refractivity contribution < 1.29 is 17.6 Å². The van der Waals surface area contributed by atoms with E-state index in [4.69, 9.17) is 0 Å². The number of nitrogens with zero attached hydrogens (tertiary/aromatic N) is 2. The third-order valence-electron chi connectivity index (χ3n) is 4.47. The second kappa shape index (κ2) is 7.05.